The summed E-state index contributed by atoms with van der Waals surface area (Å²) in [7, 11) is 0. The number of rotatable bonds is 4. The minimum atomic E-state index is -0.328. The highest BCUT2D eigenvalue weighted by Crippen LogP contribution is 2.16. The molecule has 0 radical (unpaired) electrons. The Morgan fingerprint density at radius 1 is 1.29 bits per heavy atom. The van der Waals surface area contributed by atoms with Crippen LogP contribution in [0.2, 0.25) is 0 Å². The van der Waals surface area contributed by atoms with Crippen LogP contribution in [-0.4, -0.2) is 17.9 Å². The third-order valence-electron chi connectivity index (χ3n) is 2.54. The highest BCUT2D eigenvalue weighted by Gasteiger charge is 2.17. The molecular weight excluding hydrogens is 284 g/mol. The number of ketones is 1. The Kier molecular flexibility index (Phi) is 3.74. The molecule has 0 spiro atoms. The first kappa shape index (κ1) is 12.0. The summed E-state index contributed by atoms with van der Waals surface area (Å²) in [6.45, 7) is 0. The summed E-state index contributed by atoms with van der Waals surface area (Å²) in [4.78, 5) is 22.6. The quantitative estimate of drug-likeness (QED) is 0.633. The predicted molar refractivity (Wildman–Crippen MR) is 66.7 cm³/mol. The van der Waals surface area contributed by atoms with Crippen molar-refractivity contribution in [2.75, 3.05) is 0 Å². The Morgan fingerprint density at radius 3 is 2.59 bits per heavy atom. The van der Waals surface area contributed by atoms with E-state index in [1.54, 1.807) is 18.2 Å². The molecule has 1 unspecified atom stereocenters. The van der Waals surface area contributed by atoms with Gasteiger partial charge in [-0.25, -0.2) is 4.79 Å². The maximum absolute atomic E-state index is 11.8. The molecule has 0 saturated heterocycles. The number of ether oxygens (including phenoxy) is 1. The fourth-order valence-corrected chi connectivity index (χ4v) is 1.89. The largest absolute Gasteiger partial charge is 0.455 e. The third kappa shape index (κ3) is 3.27. The van der Waals surface area contributed by atoms with Gasteiger partial charge in [-0.1, -0.05) is 28.1 Å². The molecule has 1 aromatic carbocycles. The van der Waals surface area contributed by atoms with Crippen molar-refractivity contribution < 1.29 is 14.3 Å². The lowest BCUT2D eigenvalue weighted by molar-refractivity contribution is -0.138. The van der Waals surface area contributed by atoms with Crippen molar-refractivity contribution in [1.29, 1.82) is 0 Å². The highest BCUT2D eigenvalue weighted by atomic mass is 79.9. The van der Waals surface area contributed by atoms with Crippen LogP contribution in [0, 0.1) is 0 Å². The predicted octanol–water partition coefficient (Wildman–Crippen LogP) is 2.89. The van der Waals surface area contributed by atoms with Gasteiger partial charge in [0.1, 0.15) is 6.10 Å². The Labute approximate surface area is 108 Å². The molecule has 3 nitrogen and oxygen atoms in total. The van der Waals surface area contributed by atoms with Crippen molar-refractivity contribution in [3.8, 4) is 0 Å². The lowest BCUT2D eigenvalue weighted by Gasteiger charge is -2.07. The van der Waals surface area contributed by atoms with E-state index in [1.165, 1.54) is 6.08 Å². The summed E-state index contributed by atoms with van der Waals surface area (Å²) in [6, 6.07) is 7.23. The zero-order valence-electron chi connectivity index (χ0n) is 9.06. The number of cyclic esters (lactones) is 1. The number of hydrogen-bond acceptors (Lipinski definition) is 3. The van der Waals surface area contributed by atoms with E-state index in [1.807, 2.05) is 12.1 Å². The molecule has 17 heavy (non-hydrogen) atoms. The van der Waals surface area contributed by atoms with Gasteiger partial charge in [-0.2, -0.15) is 0 Å². The van der Waals surface area contributed by atoms with E-state index in [4.69, 9.17) is 4.74 Å². The standard InChI is InChI=1S/C13H11BrO3/c14-10-3-1-9(2-4-10)12(15)7-5-11-6-8-13(16)17-11/h1-4,6,8,11H,5,7H2. The van der Waals surface area contributed by atoms with E-state index >= 15 is 0 Å². The van der Waals surface area contributed by atoms with Gasteiger partial charge in [-0.05, 0) is 24.6 Å². The zero-order chi connectivity index (χ0) is 12.3. The minimum absolute atomic E-state index is 0.0637. The van der Waals surface area contributed by atoms with Crippen molar-refractivity contribution in [2.24, 2.45) is 0 Å². The lowest BCUT2D eigenvalue weighted by atomic mass is 10.0. The fraction of sp³-hybridized carbons (Fsp3) is 0.231. The molecule has 1 aliphatic rings. The summed E-state index contributed by atoms with van der Waals surface area (Å²) in [5.74, 6) is -0.264. The van der Waals surface area contributed by atoms with Crippen LogP contribution in [-0.2, 0) is 9.53 Å². The van der Waals surface area contributed by atoms with Gasteiger partial charge in [0, 0.05) is 22.5 Å². The molecule has 0 fully saturated rings. The first-order valence-electron chi connectivity index (χ1n) is 5.33. The number of esters is 1. The molecule has 1 aromatic rings. The van der Waals surface area contributed by atoms with E-state index in [-0.39, 0.29) is 17.9 Å². The fourth-order valence-electron chi connectivity index (χ4n) is 1.62. The Hall–Kier alpha value is -1.42. The van der Waals surface area contributed by atoms with E-state index < -0.39 is 0 Å². The Balaban J connectivity index is 1.87. The van der Waals surface area contributed by atoms with Gasteiger partial charge in [-0.15, -0.1) is 0 Å². The first-order valence-corrected chi connectivity index (χ1v) is 6.12. The molecule has 2 rings (SSSR count). The van der Waals surface area contributed by atoms with E-state index in [0.717, 1.165) is 4.47 Å². The van der Waals surface area contributed by atoms with E-state index in [0.29, 0.717) is 18.4 Å². The van der Waals surface area contributed by atoms with Crippen LogP contribution in [0.3, 0.4) is 0 Å². The molecule has 4 heteroatoms. The molecular formula is C13H11BrO3. The number of hydrogen-bond donors (Lipinski definition) is 0. The average Bonchev–Trinajstić information content (AvgIpc) is 2.73. The average molecular weight is 295 g/mol. The van der Waals surface area contributed by atoms with Crippen molar-refractivity contribution in [1.82, 2.24) is 0 Å². The summed E-state index contributed by atoms with van der Waals surface area (Å²) in [5, 5.41) is 0. The summed E-state index contributed by atoms with van der Waals surface area (Å²) < 4.78 is 5.90. The third-order valence-corrected chi connectivity index (χ3v) is 3.07. The van der Waals surface area contributed by atoms with Crippen LogP contribution in [0.4, 0.5) is 0 Å². The van der Waals surface area contributed by atoms with E-state index in [2.05, 4.69) is 15.9 Å². The number of carbonyl (C=O) groups is 2. The van der Waals surface area contributed by atoms with Gasteiger partial charge in [0.05, 0.1) is 0 Å². The lowest BCUT2D eigenvalue weighted by Crippen LogP contribution is -2.10. The first-order chi connectivity index (χ1) is 8.15. The van der Waals surface area contributed by atoms with Gasteiger partial charge in [0.25, 0.3) is 0 Å². The second kappa shape index (κ2) is 5.27. The SMILES string of the molecule is O=C1C=CC(CCC(=O)c2ccc(Br)cc2)O1. The van der Waals surface area contributed by atoms with Crippen molar-refractivity contribution in [3.63, 3.8) is 0 Å². The van der Waals surface area contributed by atoms with Crippen molar-refractivity contribution in [3.05, 3.63) is 46.5 Å². The van der Waals surface area contributed by atoms with Crippen molar-refractivity contribution >= 4 is 27.7 Å². The molecule has 1 heterocycles. The summed E-state index contributed by atoms with van der Waals surface area (Å²) in [5.41, 5.74) is 0.682. The molecule has 0 amide bonds. The van der Waals surface area contributed by atoms with Crippen LogP contribution in [0.1, 0.15) is 23.2 Å². The van der Waals surface area contributed by atoms with Crippen LogP contribution >= 0.6 is 15.9 Å². The normalized spacial score (nSPS) is 18.2. The van der Waals surface area contributed by atoms with Gasteiger partial charge < -0.3 is 4.74 Å². The zero-order valence-corrected chi connectivity index (χ0v) is 10.6. The monoisotopic (exact) mass is 294 g/mol. The molecule has 0 aliphatic carbocycles. The Morgan fingerprint density at radius 2 is 2.00 bits per heavy atom. The number of benzene rings is 1. The van der Waals surface area contributed by atoms with Crippen LogP contribution in [0.25, 0.3) is 0 Å². The van der Waals surface area contributed by atoms with Crippen molar-refractivity contribution in [2.45, 2.75) is 18.9 Å². The van der Waals surface area contributed by atoms with E-state index in [9.17, 15) is 9.59 Å². The topological polar surface area (TPSA) is 43.4 Å². The smallest absolute Gasteiger partial charge is 0.331 e. The molecule has 0 bridgehead atoms. The van der Waals surface area contributed by atoms with Gasteiger partial charge in [0.15, 0.2) is 5.78 Å². The number of Topliss-reactive ketones (excluding diaryl/α,β-unsaturated/α-hetero) is 1. The Bertz CT molecular complexity index is 462. The molecule has 1 aliphatic heterocycles. The maximum Gasteiger partial charge on any atom is 0.331 e. The van der Waals surface area contributed by atoms with Gasteiger partial charge >= 0.3 is 5.97 Å². The highest BCUT2D eigenvalue weighted by molar-refractivity contribution is 9.10. The van der Waals surface area contributed by atoms with Crippen LogP contribution in [0.15, 0.2) is 40.9 Å². The molecule has 1 atom stereocenters. The number of carbonyl (C=O) groups excluding carboxylic acids is 2. The molecule has 0 saturated carbocycles. The van der Waals surface area contributed by atoms with Gasteiger partial charge in [-0.3, -0.25) is 4.79 Å². The number of halogens is 1. The van der Waals surface area contributed by atoms with Crippen LogP contribution in [0.5, 0.6) is 0 Å². The molecule has 0 N–H and O–H groups in total. The van der Waals surface area contributed by atoms with Crippen LogP contribution < -0.4 is 0 Å². The second-order valence-corrected chi connectivity index (χ2v) is 4.72. The molecule has 0 aromatic heterocycles. The molecule has 88 valence electrons. The maximum atomic E-state index is 11.8. The second-order valence-electron chi connectivity index (χ2n) is 3.80. The summed E-state index contributed by atoms with van der Waals surface area (Å²) >= 11 is 3.32. The van der Waals surface area contributed by atoms with Gasteiger partial charge in [0.2, 0.25) is 0 Å². The minimum Gasteiger partial charge on any atom is -0.455 e. The summed E-state index contributed by atoms with van der Waals surface area (Å²) in [6.07, 6.45) is 3.76.